The van der Waals surface area contributed by atoms with Crippen LogP contribution in [-0.4, -0.2) is 39.7 Å². The number of amides is 1. The molecule has 0 aliphatic heterocycles. The van der Waals surface area contributed by atoms with E-state index in [0.29, 0.717) is 27.7 Å². The molecule has 0 bridgehead atoms. The molecular weight excluding hydrogens is 433 g/mol. The summed E-state index contributed by atoms with van der Waals surface area (Å²) in [5.74, 6) is 2.26. The Hall–Kier alpha value is 0.803. The first kappa shape index (κ1) is 28.6. The van der Waals surface area contributed by atoms with Crippen LogP contribution in [0.5, 0.6) is 0 Å². The van der Waals surface area contributed by atoms with E-state index < -0.39 is 6.04 Å². The normalized spacial score (nSPS) is 11.8. The van der Waals surface area contributed by atoms with Gasteiger partial charge >= 0.3 is 78.3 Å². The molecule has 0 rings (SSSR count). The molecule has 23 heavy (non-hydrogen) atoms. The molecule has 0 aromatic rings. The molecule has 0 saturated carbocycles. The summed E-state index contributed by atoms with van der Waals surface area (Å²) in [6, 6.07) is -0.462. The Balaban J connectivity index is -0.000000333. The Morgan fingerprint density at radius 2 is 1.48 bits per heavy atom. The summed E-state index contributed by atoms with van der Waals surface area (Å²) in [5, 5.41) is 6.82. The van der Waals surface area contributed by atoms with Gasteiger partial charge in [0.1, 0.15) is 0 Å². The molecule has 0 aliphatic rings. The van der Waals surface area contributed by atoms with Crippen LogP contribution in [0.4, 0.5) is 0 Å². The minimum atomic E-state index is -0.462. The van der Waals surface area contributed by atoms with Gasteiger partial charge in [-0.3, -0.25) is 0 Å². The molecule has 0 fully saturated rings. The monoisotopic (exact) mass is 470 g/mol. The molecule has 0 aliphatic carbocycles. The van der Waals surface area contributed by atoms with Gasteiger partial charge in [0, 0.05) is 6.04 Å². The van der Waals surface area contributed by atoms with Crippen LogP contribution in [0.1, 0.15) is 54.4 Å². The summed E-state index contributed by atoms with van der Waals surface area (Å²) in [6.07, 6.45) is 2.94. The first-order valence-electron chi connectivity index (χ1n) is 8.48. The van der Waals surface area contributed by atoms with Gasteiger partial charge in [0.2, 0.25) is 0 Å². The van der Waals surface area contributed by atoms with Crippen molar-refractivity contribution in [3.63, 3.8) is 0 Å². The SMILES string of the molecule is Br.CC(C)C(N)C(=O)[N-]CC[S-].CC(C)C[CH2][Ge][CH2]CC(C)C. The van der Waals surface area contributed by atoms with Gasteiger partial charge in [-0.2, -0.15) is 12.3 Å². The van der Waals surface area contributed by atoms with E-state index in [1.165, 1.54) is 12.8 Å². The molecule has 0 spiro atoms. The average Bonchev–Trinajstić information content (AvgIpc) is 2.43. The van der Waals surface area contributed by atoms with E-state index in [9.17, 15) is 4.79 Å². The van der Waals surface area contributed by atoms with Crippen LogP contribution in [0.25, 0.3) is 5.32 Å². The standard InChI is InChI=1S/C10H22Ge.C7H16N2OS.BrH/c1-9(2)5-7-11-8-6-10(3)4;1-5(2)6(8)7(10)9-3-4-11;/h9-10H,5-8H2,1-4H3;5-6H,3-4,8H2,1-2H3,(H2,9,10,11);1H/p-2. The first-order valence-corrected chi connectivity index (χ1v) is 12.0. The first-order chi connectivity index (χ1) is 10.2. The summed E-state index contributed by atoms with van der Waals surface area (Å²) < 4.78 is 0. The second-order valence-corrected chi connectivity index (χ2v) is 10.4. The zero-order chi connectivity index (χ0) is 17.5. The van der Waals surface area contributed by atoms with Crippen molar-refractivity contribution in [2.75, 3.05) is 12.3 Å². The number of nitrogens with zero attached hydrogens (tertiary/aromatic N) is 1. The van der Waals surface area contributed by atoms with Gasteiger partial charge in [0.15, 0.2) is 0 Å². The van der Waals surface area contributed by atoms with Crippen LogP contribution in [-0.2, 0) is 17.4 Å². The molecule has 140 valence electrons. The van der Waals surface area contributed by atoms with Crippen molar-refractivity contribution in [3.05, 3.63) is 5.32 Å². The summed E-state index contributed by atoms with van der Waals surface area (Å²) >= 11 is 5.07. The predicted molar refractivity (Wildman–Crippen MR) is 113 cm³/mol. The van der Waals surface area contributed by atoms with E-state index in [0.717, 1.165) is 11.8 Å². The zero-order valence-electron chi connectivity index (χ0n) is 15.8. The Kier molecular flexibility index (Phi) is 23.8. The summed E-state index contributed by atoms with van der Waals surface area (Å²) in [6.45, 7) is 13.5. The van der Waals surface area contributed by atoms with Crippen molar-refractivity contribution >= 4 is 50.9 Å². The van der Waals surface area contributed by atoms with Gasteiger partial charge < -0.3 is 28.5 Å². The number of hydrogen-bond donors (Lipinski definition) is 1. The van der Waals surface area contributed by atoms with Gasteiger partial charge in [-0.1, -0.05) is 13.8 Å². The van der Waals surface area contributed by atoms with Gasteiger partial charge in [0.25, 0.3) is 0 Å². The van der Waals surface area contributed by atoms with Crippen LogP contribution < -0.4 is 5.73 Å². The maximum atomic E-state index is 11.0. The molecule has 0 aromatic heterocycles. The number of carbonyl (C=O) groups excluding carboxylic acids is 1. The molecule has 3 nitrogen and oxygen atoms in total. The molecule has 0 saturated heterocycles. The third-order valence-corrected chi connectivity index (χ3v) is 6.04. The Morgan fingerprint density at radius 1 is 1.04 bits per heavy atom. The molecule has 1 atom stereocenters. The second kappa shape index (κ2) is 19.1. The maximum absolute atomic E-state index is 11.0. The van der Waals surface area contributed by atoms with E-state index in [-0.39, 0.29) is 28.8 Å². The number of halogens is 1. The van der Waals surface area contributed by atoms with Crippen molar-refractivity contribution in [1.29, 1.82) is 0 Å². The van der Waals surface area contributed by atoms with E-state index in [4.69, 9.17) is 5.73 Å². The van der Waals surface area contributed by atoms with Crippen molar-refractivity contribution in [2.45, 2.75) is 70.9 Å². The van der Waals surface area contributed by atoms with E-state index in [2.05, 4.69) is 45.6 Å². The number of nitrogens with two attached hydrogens (primary N) is 1. The van der Waals surface area contributed by atoms with Crippen molar-refractivity contribution in [3.8, 4) is 0 Å². The number of carbonyl (C=O) groups is 1. The topological polar surface area (TPSA) is 57.2 Å². The molecule has 1 unspecified atom stereocenters. The Morgan fingerprint density at radius 3 is 1.78 bits per heavy atom. The number of rotatable bonds is 10. The van der Waals surface area contributed by atoms with Gasteiger partial charge in [-0.05, 0) is 5.92 Å². The fourth-order valence-corrected chi connectivity index (χ4v) is 5.35. The van der Waals surface area contributed by atoms with E-state index in [1.807, 2.05) is 13.8 Å². The fourth-order valence-electron chi connectivity index (χ4n) is 1.45. The summed E-state index contributed by atoms with van der Waals surface area (Å²) in [4.78, 5) is 11.0. The van der Waals surface area contributed by atoms with Crippen LogP contribution in [0.3, 0.4) is 0 Å². The van der Waals surface area contributed by atoms with Crippen molar-refractivity contribution < 1.29 is 4.79 Å². The van der Waals surface area contributed by atoms with Crippen LogP contribution in [0.15, 0.2) is 0 Å². The zero-order valence-corrected chi connectivity index (χ0v) is 20.4. The molecule has 6 heteroatoms. The van der Waals surface area contributed by atoms with Crippen LogP contribution in [0, 0.1) is 17.8 Å². The van der Waals surface area contributed by atoms with Crippen molar-refractivity contribution in [1.82, 2.24) is 0 Å². The molecule has 1 amide bonds. The van der Waals surface area contributed by atoms with Gasteiger partial charge in [0.05, 0.1) is 5.91 Å². The molecular formula is C17H37BrGeN2OS-2. The third kappa shape index (κ3) is 22.8. The minimum absolute atomic E-state index is 0. The Bertz CT molecular complexity index is 257. The molecule has 0 heterocycles. The number of hydrogen-bond acceptors (Lipinski definition) is 3. The quantitative estimate of drug-likeness (QED) is 0.288. The van der Waals surface area contributed by atoms with Crippen molar-refractivity contribution in [2.24, 2.45) is 23.5 Å². The summed E-state index contributed by atoms with van der Waals surface area (Å²) in [7, 11) is 0. The molecule has 0 aromatic carbocycles. The second-order valence-electron chi connectivity index (χ2n) is 6.81. The van der Waals surface area contributed by atoms with Gasteiger partial charge in [-0.25, -0.2) is 0 Å². The third-order valence-electron chi connectivity index (χ3n) is 3.16. The molecule has 2 N–H and O–H groups in total. The van der Waals surface area contributed by atoms with Crippen LogP contribution in [0.2, 0.25) is 10.5 Å². The van der Waals surface area contributed by atoms with E-state index >= 15 is 0 Å². The summed E-state index contributed by atoms with van der Waals surface area (Å²) in [5.41, 5.74) is 5.52. The van der Waals surface area contributed by atoms with Gasteiger partial charge in [-0.15, -0.1) is 17.0 Å². The fraction of sp³-hybridized carbons (Fsp3) is 0.941. The van der Waals surface area contributed by atoms with Crippen LogP contribution >= 0.6 is 17.0 Å². The predicted octanol–water partition coefficient (Wildman–Crippen LogP) is 4.61. The average molecular weight is 470 g/mol. The Labute approximate surface area is 167 Å². The molecule has 2 radical (unpaired) electrons. The van der Waals surface area contributed by atoms with E-state index in [1.54, 1.807) is 10.5 Å².